The quantitative estimate of drug-likeness (QED) is 0.910. The minimum Gasteiger partial charge on any atom is -0.325 e. The Bertz CT molecular complexity index is 588. The summed E-state index contributed by atoms with van der Waals surface area (Å²) in [5, 5.41) is 3.85. The second kappa shape index (κ2) is 7.22. The molecule has 0 aliphatic rings. The summed E-state index contributed by atoms with van der Waals surface area (Å²) in [5.41, 5.74) is 7.57. The first kappa shape index (κ1) is 16.4. The van der Waals surface area contributed by atoms with Gasteiger partial charge < -0.3 is 11.1 Å². The average Bonchev–Trinajstić information content (AvgIpc) is 2.45. The lowest BCUT2D eigenvalue weighted by Crippen LogP contribution is -2.40. The number of nitrogens with zero attached hydrogens (tertiary/aromatic N) is 1. The van der Waals surface area contributed by atoms with Crippen LogP contribution in [-0.4, -0.2) is 16.9 Å². The fraction of sp³-hybridized carbons (Fsp3) is 0.333. The van der Waals surface area contributed by atoms with Crippen LogP contribution in [0.15, 0.2) is 36.5 Å². The van der Waals surface area contributed by atoms with Crippen molar-refractivity contribution in [2.24, 2.45) is 11.7 Å². The number of nitrogens with two attached hydrogens (primary N) is 1. The Hall–Kier alpha value is -1.65. The molecule has 0 aliphatic carbocycles. The van der Waals surface area contributed by atoms with Crippen LogP contribution in [-0.2, 0) is 4.79 Å². The first-order valence-corrected chi connectivity index (χ1v) is 6.53. The minimum atomic E-state index is -0.477. The molecule has 5 heteroatoms. The third-order valence-electron chi connectivity index (χ3n) is 3.43. The third kappa shape index (κ3) is 3.68. The molecular formula is C15H20ClN3O. The summed E-state index contributed by atoms with van der Waals surface area (Å²) in [6.07, 6.45) is 2.63. The van der Waals surface area contributed by atoms with E-state index in [0.29, 0.717) is 0 Å². The smallest absolute Gasteiger partial charge is 0.241 e. The van der Waals surface area contributed by atoms with Gasteiger partial charge in [0.05, 0.1) is 11.6 Å². The van der Waals surface area contributed by atoms with E-state index in [2.05, 4.69) is 10.3 Å². The third-order valence-corrected chi connectivity index (χ3v) is 3.43. The van der Waals surface area contributed by atoms with E-state index < -0.39 is 6.04 Å². The molecule has 0 fully saturated rings. The lowest BCUT2D eigenvalue weighted by molar-refractivity contribution is -0.118. The maximum Gasteiger partial charge on any atom is 0.241 e. The molecule has 0 bridgehead atoms. The fourth-order valence-corrected chi connectivity index (χ4v) is 1.89. The van der Waals surface area contributed by atoms with Gasteiger partial charge in [-0.15, -0.1) is 12.4 Å². The molecule has 20 heavy (non-hydrogen) atoms. The van der Waals surface area contributed by atoms with Gasteiger partial charge in [0.15, 0.2) is 0 Å². The van der Waals surface area contributed by atoms with Gasteiger partial charge in [0.2, 0.25) is 5.91 Å². The van der Waals surface area contributed by atoms with Gasteiger partial charge in [-0.25, -0.2) is 0 Å². The van der Waals surface area contributed by atoms with Crippen LogP contribution in [0.2, 0.25) is 0 Å². The zero-order valence-electron chi connectivity index (χ0n) is 11.7. The van der Waals surface area contributed by atoms with Gasteiger partial charge in [0.25, 0.3) is 0 Å². The molecule has 2 aromatic rings. The molecular weight excluding hydrogens is 274 g/mol. The van der Waals surface area contributed by atoms with Crippen molar-refractivity contribution < 1.29 is 4.79 Å². The fourth-order valence-electron chi connectivity index (χ4n) is 1.89. The first-order chi connectivity index (χ1) is 9.11. The molecule has 2 rings (SSSR count). The lowest BCUT2D eigenvalue weighted by atomic mass is 9.99. The normalized spacial score (nSPS) is 13.3. The number of carbonyl (C=O) groups excluding carboxylic acids is 1. The molecule has 2 unspecified atom stereocenters. The summed E-state index contributed by atoms with van der Waals surface area (Å²) >= 11 is 0. The van der Waals surface area contributed by atoms with E-state index in [0.717, 1.165) is 23.0 Å². The molecule has 0 saturated heterocycles. The number of amides is 1. The highest BCUT2D eigenvalue weighted by Crippen LogP contribution is 2.17. The average molecular weight is 294 g/mol. The van der Waals surface area contributed by atoms with Crippen LogP contribution in [0.3, 0.4) is 0 Å². The Kier molecular flexibility index (Phi) is 5.92. The van der Waals surface area contributed by atoms with Gasteiger partial charge in [-0.2, -0.15) is 0 Å². The number of rotatable bonds is 4. The van der Waals surface area contributed by atoms with E-state index >= 15 is 0 Å². The Morgan fingerprint density at radius 3 is 2.85 bits per heavy atom. The van der Waals surface area contributed by atoms with Crippen LogP contribution in [0.25, 0.3) is 10.9 Å². The van der Waals surface area contributed by atoms with Crippen molar-refractivity contribution in [2.45, 2.75) is 26.3 Å². The Morgan fingerprint density at radius 2 is 2.15 bits per heavy atom. The van der Waals surface area contributed by atoms with E-state index in [1.807, 2.05) is 44.2 Å². The molecule has 1 amide bonds. The maximum atomic E-state index is 12.0. The predicted molar refractivity (Wildman–Crippen MR) is 85.1 cm³/mol. The minimum absolute atomic E-state index is 0. The topological polar surface area (TPSA) is 68.0 Å². The van der Waals surface area contributed by atoms with Crippen LogP contribution in [0.4, 0.5) is 5.69 Å². The number of carbonyl (C=O) groups is 1. The molecule has 0 aliphatic heterocycles. The van der Waals surface area contributed by atoms with Gasteiger partial charge in [-0.05, 0) is 30.2 Å². The van der Waals surface area contributed by atoms with Crippen molar-refractivity contribution in [1.82, 2.24) is 4.98 Å². The molecule has 3 N–H and O–H groups in total. The Morgan fingerprint density at radius 1 is 1.40 bits per heavy atom. The van der Waals surface area contributed by atoms with Gasteiger partial charge in [-0.1, -0.05) is 26.3 Å². The highest BCUT2D eigenvalue weighted by Gasteiger charge is 2.19. The highest BCUT2D eigenvalue weighted by molar-refractivity contribution is 5.96. The molecule has 108 valence electrons. The molecule has 0 saturated carbocycles. The van der Waals surface area contributed by atoms with Crippen LogP contribution in [0.1, 0.15) is 20.3 Å². The number of hydrogen-bond donors (Lipinski definition) is 2. The zero-order valence-corrected chi connectivity index (χ0v) is 12.5. The van der Waals surface area contributed by atoms with E-state index in [1.54, 1.807) is 6.20 Å². The molecule has 4 nitrogen and oxygen atoms in total. The lowest BCUT2D eigenvalue weighted by Gasteiger charge is -2.17. The summed E-state index contributed by atoms with van der Waals surface area (Å²) in [5.74, 6) is 0.0275. The SMILES string of the molecule is CCC(C)C(N)C(=O)Nc1ccc2ncccc2c1.Cl. The Balaban J connectivity index is 0.00000200. The standard InChI is InChI=1S/C15H19N3O.ClH/c1-3-10(2)14(16)15(19)18-12-6-7-13-11(9-12)5-4-8-17-13;/h4-10,14H,3,16H2,1-2H3,(H,18,19);1H. The van der Waals surface area contributed by atoms with E-state index in [4.69, 9.17) is 5.73 Å². The predicted octanol–water partition coefficient (Wildman–Crippen LogP) is 2.97. The van der Waals surface area contributed by atoms with Gasteiger partial charge in [0, 0.05) is 17.3 Å². The number of fused-ring (bicyclic) bond motifs is 1. The summed E-state index contributed by atoms with van der Waals surface area (Å²) in [7, 11) is 0. The number of anilines is 1. The van der Waals surface area contributed by atoms with Crippen molar-refractivity contribution in [2.75, 3.05) is 5.32 Å². The first-order valence-electron chi connectivity index (χ1n) is 6.53. The van der Waals surface area contributed by atoms with Crippen LogP contribution < -0.4 is 11.1 Å². The van der Waals surface area contributed by atoms with Gasteiger partial charge >= 0.3 is 0 Å². The number of benzene rings is 1. The zero-order chi connectivity index (χ0) is 13.8. The molecule has 1 aromatic carbocycles. The second-order valence-corrected chi connectivity index (χ2v) is 4.81. The van der Waals surface area contributed by atoms with Gasteiger partial charge in [-0.3, -0.25) is 9.78 Å². The molecule has 0 radical (unpaired) electrons. The van der Waals surface area contributed by atoms with Crippen LogP contribution >= 0.6 is 12.4 Å². The maximum absolute atomic E-state index is 12.0. The molecule has 0 spiro atoms. The Labute approximate surface area is 125 Å². The van der Waals surface area contributed by atoms with Crippen molar-refractivity contribution in [1.29, 1.82) is 0 Å². The van der Waals surface area contributed by atoms with E-state index in [1.165, 1.54) is 0 Å². The van der Waals surface area contributed by atoms with Crippen LogP contribution in [0, 0.1) is 5.92 Å². The van der Waals surface area contributed by atoms with Crippen molar-refractivity contribution in [3.05, 3.63) is 36.5 Å². The number of nitrogens with one attached hydrogen (secondary N) is 1. The number of hydrogen-bond acceptors (Lipinski definition) is 3. The molecule has 1 heterocycles. The van der Waals surface area contributed by atoms with Crippen molar-refractivity contribution in [3.8, 4) is 0 Å². The largest absolute Gasteiger partial charge is 0.325 e. The van der Waals surface area contributed by atoms with E-state index in [-0.39, 0.29) is 24.2 Å². The highest BCUT2D eigenvalue weighted by atomic mass is 35.5. The van der Waals surface area contributed by atoms with Crippen molar-refractivity contribution >= 4 is 34.9 Å². The monoisotopic (exact) mass is 293 g/mol. The van der Waals surface area contributed by atoms with E-state index in [9.17, 15) is 4.79 Å². The summed E-state index contributed by atoms with van der Waals surface area (Å²) < 4.78 is 0. The van der Waals surface area contributed by atoms with Crippen molar-refractivity contribution in [3.63, 3.8) is 0 Å². The number of pyridine rings is 1. The van der Waals surface area contributed by atoms with Crippen LogP contribution in [0.5, 0.6) is 0 Å². The molecule has 2 atom stereocenters. The summed E-state index contributed by atoms with van der Waals surface area (Å²) in [4.78, 5) is 16.2. The number of aromatic nitrogens is 1. The summed E-state index contributed by atoms with van der Waals surface area (Å²) in [6, 6.07) is 9.00. The number of halogens is 1. The van der Waals surface area contributed by atoms with Gasteiger partial charge in [0.1, 0.15) is 0 Å². The summed E-state index contributed by atoms with van der Waals surface area (Å²) in [6.45, 7) is 4.01. The second-order valence-electron chi connectivity index (χ2n) is 4.81. The molecule has 1 aromatic heterocycles.